The van der Waals surface area contributed by atoms with Crippen molar-refractivity contribution in [3.8, 4) is 5.69 Å². The van der Waals surface area contributed by atoms with Crippen LogP contribution in [-0.4, -0.2) is 31.4 Å². The molecule has 2 aliphatic rings. The molecule has 0 saturated carbocycles. The Labute approximate surface area is 183 Å². The number of fused-ring (bicyclic) bond motifs is 1. The van der Waals surface area contributed by atoms with Crippen molar-refractivity contribution in [1.82, 2.24) is 14.5 Å². The molecule has 5 heteroatoms. The van der Waals surface area contributed by atoms with Crippen molar-refractivity contribution < 1.29 is 0 Å². The number of nitrogens with zero attached hydrogens (tertiary/aromatic N) is 4. The van der Waals surface area contributed by atoms with E-state index in [1.165, 1.54) is 33.4 Å². The van der Waals surface area contributed by atoms with Gasteiger partial charge in [-0.25, -0.2) is 0 Å². The van der Waals surface area contributed by atoms with Gasteiger partial charge in [-0.2, -0.15) is 0 Å². The molecule has 1 aromatic carbocycles. The topological polar surface area (TPSA) is 33.4 Å². The third-order valence-corrected chi connectivity index (χ3v) is 7.50. The molecule has 0 N–H and O–H groups in total. The highest BCUT2D eigenvalue weighted by molar-refractivity contribution is 8.14. The van der Waals surface area contributed by atoms with Crippen molar-refractivity contribution in [2.45, 2.75) is 52.2 Å². The maximum absolute atomic E-state index is 5.18. The lowest BCUT2D eigenvalue weighted by Crippen LogP contribution is -2.35. The molecule has 2 aromatic heterocycles. The first-order valence-corrected chi connectivity index (χ1v) is 11.7. The number of hydrogen-bond donors (Lipinski definition) is 0. The summed E-state index contributed by atoms with van der Waals surface area (Å²) in [5.74, 6) is 1.12. The van der Waals surface area contributed by atoms with Gasteiger partial charge in [0.05, 0.1) is 11.7 Å². The highest BCUT2D eigenvalue weighted by atomic mass is 32.2. The summed E-state index contributed by atoms with van der Waals surface area (Å²) in [7, 11) is 0. The molecule has 1 fully saturated rings. The molecule has 0 amide bonds. The summed E-state index contributed by atoms with van der Waals surface area (Å²) in [6.07, 6.45) is 3.02. The molecule has 0 spiro atoms. The minimum Gasteiger partial charge on any atom is -0.338 e. The summed E-state index contributed by atoms with van der Waals surface area (Å²) in [4.78, 5) is 12.4. The Morgan fingerprint density at radius 2 is 1.93 bits per heavy atom. The maximum Gasteiger partial charge on any atom is 0.160 e. The number of aryl methyl sites for hydroxylation is 2. The average molecular weight is 417 g/mol. The van der Waals surface area contributed by atoms with Crippen molar-refractivity contribution >= 4 is 16.9 Å². The fourth-order valence-corrected chi connectivity index (χ4v) is 6.28. The molecule has 4 nitrogen and oxygen atoms in total. The molecule has 1 saturated heterocycles. The van der Waals surface area contributed by atoms with Crippen LogP contribution in [0.4, 0.5) is 0 Å². The largest absolute Gasteiger partial charge is 0.338 e. The predicted molar refractivity (Wildman–Crippen MR) is 126 cm³/mol. The lowest BCUT2D eigenvalue weighted by molar-refractivity contribution is 0.254. The third kappa shape index (κ3) is 3.07. The van der Waals surface area contributed by atoms with Crippen molar-refractivity contribution in [2.24, 2.45) is 4.99 Å². The molecule has 5 rings (SSSR count). The first-order valence-electron chi connectivity index (χ1n) is 10.7. The lowest BCUT2D eigenvalue weighted by atomic mass is 9.95. The quantitative estimate of drug-likeness (QED) is 0.541. The van der Waals surface area contributed by atoms with E-state index in [9.17, 15) is 0 Å². The van der Waals surface area contributed by atoms with Crippen molar-refractivity contribution in [3.63, 3.8) is 0 Å². The van der Waals surface area contributed by atoms with Crippen LogP contribution < -0.4 is 0 Å². The van der Waals surface area contributed by atoms with Gasteiger partial charge in [0.1, 0.15) is 6.04 Å². The van der Waals surface area contributed by atoms with Crippen LogP contribution in [-0.2, 0) is 0 Å². The van der Waals surface area contributed by atoms with Crippen LogP contribution in [0.1, 0.15) is 53.6 Å². The zero-order valence-corrected chi connectivity index (χ0v) is 18.9. The van der Waals surface area contributed by atoms with Crippen molar-refractivity contribution in [3.05, 3.63) is 82.9 Å². The van der Waals surface area contributed by atoms with Crippen molar-refractivity contribution in [2.75, 3.05) is 5.75 Å². The summed E-state index contributed by atoms with van der Waals surface area (Å²) < 4.78 is 2.39. The molecule has 3 atom stereocenters. The predicted octanol–water partition coefficient (Wildman–Crippen LogP) is 5.78. The average Bonchev–Trinajstić information content (AvgIpc) is 3.40. The molecule has 30 heavy (non-hydrogen) atoms. The molecule has 0 aliphatic carbocycles. The van der Waals surface area contributed by atoms with Crippen LogP contribution in [0.3, 0.4) is 0 Å². The van der Waals surface area contributed by atoms with Gasteiger partial charge < -0.3 is 9.47 Å². The van der Waals surface area contributed by atoms with E-state index in [2.05, 4.69) is 79.6 Å². The number of rotatable bonds is 4. The normalized spacial score (nSPS) is 23.0. The summed E-state index contributed by atoms with van der Waals surface area (Å²) in [6.45, 7) is 8.90. The summed E-state index contributed by atoms with van der Waals surface area (Å²) >= 11 is 1.90. The van der Waals surface area contributed by atoms with E-state index >= 15 is 0 Å². The van der Waals surface area contributed by atoms with E-state index in [0.29, 0.717) is 6.04 Å². The Kier molecular flexibility index (Phi) is 4.94. The van der Waals surface area contributed by atoms with E-state index in [-0.39, 0.29) is 12.1 Å². The molecule has 0 radical (unpaired) electrons. The van der Waals surface area contributed by atoms with Crippen LogP contribution in [0.2, 0.25) is 0 Å². The Morgan fingerprint density at radius 1 is 1.07 bits per heavy atom. The zero-order valence-electron chi connectivity index (χ0n) is 18.0. The van der Waals surface area contributed by atoms with Gasteiger partial charge in [-0.15, -0.1) is 0 Å². The van der Waals surface area contributed by atoms with Crippen LogP contribution in [0.25, 0.3) is 5.69 Å². The van der Waals surface area contributed by atoms with Gasteiger partial charge in [0.2, 0.25) is 0 Å². The minimum atomic E-state index is 0.0366. The number of aliphatic imine (C=N–C) groups is 1. The first kappa shape index (κ1) is 19.4. The first-order chi connectivity index (χ1) is 14.6. The van der Waals surface area contributed by atoms with Gasteiger partial charge in [-0.3, -0.25) is 9.98 Å². The molecule has 3 aromatic rings. The Hall–Kier alpha value is -2.53. The van der Waals surface area contributed by atoms with Gasteiger partial charge in [0.25, 0.3) is 0 Å². The number of pyridine rings is 1. The SMILES string of the molecule is CC[C@@H]1CSC2=N[C@@H](c3ccccn3)[C@H](c3cc(C)n(-c4cccc(C)c4)c3C)N21. The van der Waals surface area contributed by atoms with Gasteiger partial charge >= 0.3 is 0 Å². The molecule has 154 valence electrons. The van der Waals surface area contributed by atoms with Crippen LogP contribution in [0.5, 0.6) is 0 Å². The van der Waals surface area contributed by atoms with Gasteiger partial charge in [-0.05, 0) is 68.7 Å². The molecule has 2 aliphatic heterocycles. The minimum absolute atomic E-state index is 0.0366. The maximum atomic E-state index is 5.18. The Morgan fingerprint density at radius 3 is 2.67 bits per heavy atom. The smallest absolute Gasteiger partial charge is 0.160 e. The summed E-state index contributed by atoms with van der Waals surface area (Å²) in [5.41, 5.74) is 7.49. The highest BCUT2D eigenvalue weighted by Crippen LogP contribution is 2.49. The number of benzene rings is 1. The molecular weight excluding hydrogens is 388 g/mol. The lowest BCUT2D eigenvalue weighted by Gasteiger charge is -2.32. The second-order valence-electron chi connectivity index (χ2n) is 8.34. The van der Waals surface area contributed by atoms with E-state index in [4.69, 9.17) is 9.98 Å². The second kappa shape index (κ2) is 7.62. The standard InChI is InChI=1S/C25H28N4S/c1-5-19-15-30-25-27-23(22-11-6-7-12-26-22)24(29(19)25)21-14-17(3)28(18(21)4)20-10-8-9-16(2)13-20/h6-14,19,23-24H,5,15H2,1-4H3/t19-,23+,24+/m1/s1. The zero-order chi connectivity index (χ0) is 20.8. The van der Waals surface area contributed by atoms with Gasteiger partial charge in [0.15, 0.2) is 5.17 Å². The number of aromatic nitrogens is 2. The summed E-state index contributed by atoms with van der Waals surface area (Å²) in [5, 5.41) is 1.18. The van der Waals surface area contributed by atoms with Crippen LogP contribution >= 0.6 is 11.8 Å². The van der Waals surface area contributed by atoms with Crippen LogP contribution in [0.15, 0.2) is 59.7 Å². The van der Waals surface area contributed by atoms with E-state index < -0.39 is 0 Å². The Bertz CT molecular complexity index is 1100. The molecule has 4 heterocycles. The molecule has 0 bridgehead atoms. The van der Waals surface area contributed by atoms with E-state index in [0.717, 1.165) is 17.9 Å². The molecular formula is C25H28N4S. The fourth-order valence-electron chi connectivity index (χ4n) is 4.94. The summed E-state index contributed by atoms with van der Waals surface area (Å²) in [6, 6.07) is 18.0. The van der Waals surface area contributed by atoms with E-state index in [1.54, 1.807) is 0 Å². The van der Waals surface area contributed by atoms with E-state index in [1.807, 2.05) is 24.0 Å². The molecule has 0 unspecified atom stereocenters. The fraction of sp³-hybridized carbons (Fsp3) is 0.360. The van der Waals surface area contributed by atoms with Crippen molar-refractivity contribution in [1.29, 1.82) is 0 Å². The van der Waals surface area contributed by atoms with Crippen LogP contribution in [0, 0.1) is 20.8 Å². The monoisotopic (exact) mass is 416 g/mol. The number of hydrogen-bond acceptors (Lipinski definition) is 4. The number of thioether (sulfide) groups is 1. The highest BCUT2D eigenvalue weighted by Gasteiger charge is 2.46. The third-order valence-electron chi connectivity index (χ3n) is 6.38. The van der Waals surface area contributed by atoms with Gasteiger partial charge in [0, 0.05) is 35.1 Å². The number of amidine groups is 1. The second-order valence-corrected chi connectivity index (χ2v) is 9.32. The Balaban J connectivity index is 1.64. The van der Waals surface area contributed by atoms with Gasteiger partial charge in [-0.1, -0.05) is 36.9 Å².